The van der Waals surface area contributed by atoms with Crippen LogP contribution in [0, 0.1) is 11.8 Å². The van der Waals surface area contributed by atoms with Gasteiger partial charge in [0.15, 0.2) is 0 Å². The Hall–Kier alpha value is -3.31. The number of carboxylic acids is 1. The predicted octanol–water partition coefficient (Wildman–Crippen LogP) is 1.42. The maximum Gasteiger partial charge on any atom is 0.310 e. The molecule has 11 nitrogen and oxygen atoms in total. The smallest absolute Gasteiger partial charge is 0.310 e. The Bertz CT molecular complexity index is 1200. The molecule has 1 spiro atoms. The highest BCUT2D eigenvalue weighted by Crippen LogP contribution is 2.58. The molecule has 3 aliphatic heterocycles. The van der Waals surface area contributed by atoms with Gasteiger partial charge in [0.25, 0.3) is 0 Å². The van der Waals surface area contributed by atoms with Crippen LogP contribution in [0.2, 0.25) is 0 Å². The van der Waals surface area contributed by atoms with E-state index in [0.29, 0.717) is 37.7 Å². The second-order valence-electron chi connectivity index (χ2n) is 10.1. The zero-order valence-corrected chi connectivity index (χ0v) is 20.7. The van der Waals surface area contributed by atoms with Crippen molar-refractivity contribution in [3.8, 4) is 0 Å². The lowest BCUT2D eigenvalue weighted by Crippen LogP contribution is -2.56. The van der Waals surface area contributed by atoms with Crippen molar-refractivity contribution in [1.82, 2.24) is 24.8 Å². The van der Waals surface area contributed by atoms with Crippen LogP contribution in [0.15, 0.2) is 36.9 Å². The number of ether oxygens (including phenoxy) is 1. The quantitative estimate of drug-likeness (QED) is 0.322. The van der Waals surface area contributed by atoms with Gasteiger partial charge >= 0.3 is 5.97 Å². The number of aliphatic hydroxyl groups excluding tert-OH is 1. The van der Waals surface area contributed by atoms with Gasteiger partial charge in [0.05, 0.1) is 23.5 Å². The summed E-state index contributed by atoms with van der Waals surface area (Å²) < 4.78 is 7.92. The van der Waals surface area contributed by atoms with Gasteiger partial charge < -0.3 is 24.7 Å². The molecule has 4 heterocycles. The number of unbranched alkanes of at least 4 members (excludes halogenated alkanes) is 3. The molecule has 1 aromatic carbocycles. The van der Waals surface area contributed by atoms with Crippen molar-refractivity contribution in [2.75, 3.05) is 19.7 Å². The SMILES string of the molecule is C=CCN(Cn1nnc2ccccc21)C(=O)C1N(CCCCCCO)C(=O)[C@@H]2[C@@H](C(=O)O)[C@H]3CCC12O3. The van der Waals surface area contributed by atoms with Crippen molar-refractivity contribution in [3.05, 3.63) is 36.9 Å². The molecule has 2 bridgehead atoms. The maximum atomic E-state index is 14.3. The van der Waals surface area contributed by atoms with Gasteiger partial charge in [-0.25, -0.2) is 4.68 Å². The van der Waals surface area contributed by atoms with E-state index in [1.807, 2.05) is 24.3 Å². The molecule has 37 heavy (non-hydrogen) atoms. The molecule has 0 aliphatic carbocycles. The largest absolute Gasteiger partial charge is 0.481 e. The first-order chi connectivity index (χ1) is 17.9. The number of aromatic nitrogens is 3. The van der Waals surface area contributed by atoms with Crippen LogP contribution in [0.3, 0.4) is 0 Å². The van der Waals surface area contributed by atoms with E-state index in [9.17, 15) is 19.5 Å². The van der Waals surface area contributed by atoms with Crippen LogP contribution in [0.25, 0.3) is 11.0 Å². The Balaban J connectivity index is 1.46. The van der Waals surface area contributed by atoms with Crippen LogP contribution in [0.4, 0.5) is 0 Å². The average Bonchev–Trinajstić information content (AvgIpc) is 3.63. The number of fused-ring (bicyclic) bond motifs is 2. The molecule has 5 atom stereocenters. The fourth-order valence-electron chi connectivity index (χ4n) is 6.43. The number of aliphatic hydroxyl groups is 1. The highest BCUT2D eigenvalue weighted by Gasteiger charge is 2.74. The monoisotopic (exact) mass is 511 g/mol. The molecule has 0 saturated carbocycles. The number of aliphatic carboxylic acids is 1. The lowest BCUT2D eigenvalue weighted by atomic mass is 9.70. The number of likely N-dealkylation sites (tertiary alicyclic amines) is 1. The summed E-state index contributed by atoms with van der Waals surface area (Å²) in [7, 11) is 0. The zero-order chi connectivity index (χ0) is 26.2. The van der Waals surface area contributed by atoms with Gasteiger partial charge in [0.2, 0.25) is 11.8 Å². The lowest BCUT2D eigenvalue weighted by molar-refractivity contribution is -0.151. The minimum absolute atomic E-state index is 0.104. The fourth-order valence-corrected chi connectivity index (χ4v) is 6.43. The maximum absolute atomic E-state index is 14.3. The molecule has 2 unspecified atom stereocenters. The third kappa shape index (κ3) is 4.19. The van der Waals surface area contributed by atoms with Crippen LogP contribution in [-0.4, -0.2) is 90.2 Å². The van der Waals surface area contributed by atoms with Gasteiger partial charge in [-0.3, -0.25) is 14.4 Å². The van der Waals surface area contributed by atoms with Crippen molar-refractivity contribution in [2.24, 2.45) is 11.8 Å². The molecule has 0 radical (unpaired) electrons. The number of rotatable bonds is 12. The molecule has 2 aromatic rings. The molecule has 3 saturated heterocycles. The molecule has 2 N–H and O–H groups in total. The Kier molecular flexibility index (Phi) is 7.00. The van der Waals surface area contributed by atoms with Crippen molar-refractivity contribution in [3.63, 3.8) is 0 Å². The van der Waals surface area contributed by atoms with E-state index in [1.165, 1.54) is 0 Å². The van der Waals surface area contributed by atoms with Gasteiger partial charge in [0, 0.05) is 19.7 Å². The van der Waals surface area contributed by atoms with Crippen molar-refractivity contribution in [2.45, 2.75) is 62.9 Å². The van der Waals surface area contributed by atoms with E-state index in [4.69, 9.17) is 9.84 Å². The van der Waals surface area contributed by atoms with Crippen LogP contribution in [0.1, 0.15) is 38.5 Å². The third-order valence-corrected chi connectivity index (χ3v) is 8.01. The van der Waals surface area contributed by atoms with Crippen molar-refractivity contribution < 1.29 is 29.3 Å². The van der Waals surface area contributed by atoms with E-state index < -0.39 is 35.6 Å². The van der Waals surface area contributed by atoms with E-state index >= 15 is 0 Å². The molecule has 3 fully saturated rings. The number of hydrogen-bond donors (Lipinski definition) is 2. The predicted molar refractivity (Wildman–Crippen MR) is 132 cm³/mol. The van der Waals surface area contributed by atoms with Gasteiger partial charge in [0.1, 0.15) is 23.8 Å². The topological polar surface area (TPSA) is 138 Å². The highest BCUT2D eigenvalue weighted by atomic mass is 16.5. The number of carbonyl (C=O) groups is 3. The van der Waals surface area contributed by atoms with Gasteiger partial charge in [-0.15, -0.1) is 11.7 Å². The van der Waals surface area contributed by atoms with Crippen molar-refractivity contribution >= 4 is 28.8 Å². The summed E-state index contributed by atoms with van der Waals surface area (Å²) in [5.74, 6) is -3.52. The van der Waals surface area contributed by atoms with Crippen LogP contribution >= 0.6 is 0 Å². The zero-order valence-electron chi connectivity index (χ0n) is 20.7. The number of hydrogen-bond acceptors (Lipinski definition) is 7. The molecule has 2 amide bonds. The lowest BCUT2D eigenvalue weighted by Gasteiger charge is -2.36. The number of carboxylic acid groups (broad SMARTS) is 1. The molecule has 5 rings (SSSR count). The molecule has 1 aromatic heterocycles. The molecule has 3 aliphatic rings. The fraction of sp³-hybridized carbons (Fsp3) is 0.577. The van der Waals surface area contributed by atoms with Gasteiger partial charge in [-0.2, -0.15) is 0 Å². The normalized spacial score (nSPS) is 28.1. The summed E-state index contributed by atoms with van der Waals surface area (Å²) in [4.78, 5) is 43.3. The van der Waals surface area contributed by atoms with Gasteiger partial charge in [-0.05, 0) is 37.8 Å². The Morgan fingerprint density at radius 3 is 2.78 bits per heavy atom. The van der Waals surface area contributed by atoms with Gasteiger partial charge in [-0.1, -0.05) is 36.3 Å². The van der Waals surface area contributed by atoms with E-state index in [2.05, 4.69) is 16.9 Å². The Morgan fingerprint density at radius 1 is 1.24 bits per heavy atom. The second-order valence-corrected chi connectivity index (χ2v) is 10.1. The first-order valence-electron chi connectivity index (χ1n) is 12.9. The summed E-state index contributed by atoms with van der Waals surface area (Å²) in [6.45, 7) is 4.57. The van der Waals surface area contributed by atoms with Crippen LogP contribution in [-0.2, 0) is 25.8 Å². The molecular weight excluding hydrogens is 478 g/mol. The molecule has 198 valence electrons. The highest BCUT2D eigenvalue weighted by molar-refractivity contribution is 5.98. The minimum atomic E-state index is -1.16. The minimum Gasteiger partial charge on any atom is -0.481 e. The molecular formula is C26H33N5O6. The van der Waals surface area contributed by atoms with E-state index in [-0.39, 0.29) is 31.6 Å². The number of para-hydroxylation sites is 1. The standard InChI is InChI=1S/C26H33N5O6/c1-2-13-29(16-31-18-10-6-5-9-17(18)27-28-31)24(34)22-26-12-11-19(37-26)20(25(35)36)21(26)23(33)30(22)14-7-3-4-8-15-32/h2,5-6,9-10,19-22,32H,1,3-4,7-8,11-16H2,(H,35,36)/t19-,20+,21+,22?,26?/m1/s1. The average molecular weight is 512 g/mol. The molecule has 11 heteroatoms. The van der Waals surface area contributed by atoms with E-state index in [0.717, 1.165) is 18.4 Å². The number of nitrogens with zero attached hydrogens (tertiary/aromatic N) is 5. The third-order valence-electron chi connectivity index (χ3n) is 8.01. The number of amides is 2. The Labute approximate surface area is 214 Å². The Morgan fingerprint density at radius 2 is 2.03 bits per heavy atom. The number of carbonyl (C=O) groups excluding carboxylic acids is 2. The first-order valence-corrected chi connectivity index (χ1v) is 12.9. The first kappa shape index (κ1) is 25.3. The second kappa shape index (κ2) is 10.2. The summed E-state index contributed by atoms with van der Waals surface area (Å²) in [6.07, 6.45) is 4.94. The van der Waals surface area contributed by atoms with E-state index in [1.54, 1.807) is 20.6 Å². The van der Waals surface area contributed by atoms with Crippen molar-refractivity contribution in [1.29, 1.82) is 0 Å². The summed E-state index contributed by atoms with van der Waals surface area (Å²) in [5.41, 5.74) is 0.319. The summed E-state index contributed by atoms with van der Waals surface area (Å²) in [6, 6.07) is 6.52. The number of benzene rings is 1. The summed E-state index contributed by atoms with van der Waals surface area (Å²) in [5, 5.41) is 27.4. The van der Waals surface area contributed by atoms with Crippen LogP contribution < -0.4 is 0 Å². The summed E-state index contributed by atoms with van der Waals surface area (Å²) >= 11 is 0. The van der Waals surface area contributed by atoms with Crippen LogP contribution in [0.5, 0.6) is 0 Å².